The zero-order valence-electron chi connectivity index (χ0n) is 10.4. The van der Waals surface area contributed by atoms with Crippen molar-refractivity contribution in [3.63, 3.8) is 0 Å². The van der Waals surface area contributed by atoms with Gasteiger partial charge < -0.3 is 5.32 Å². The second kappa shape index (κ2) is 5.49. The fourth-order valence-corrected chi connectivity index (χ4v) is 1.74. The van der Waals surface area contributed by atoms with Gasteiger partial charge in [-0.25, -0.2) is 8.78 Å². The van der Waals surface area contributed by atoms with Crippen LogP contribution < -0.4 is 5.32 Å². The van der Waals surface area contributed by atoms with Crippen molar-refractivity contribution in [3.05, 3.63) is 64.7 Å². The molecule has 0 amide bonds. The van der Waals surface area contributed by atoms with Gasteiger partial charge in [-0.2, -0.15) is 5.26 Å². The maximum absolute atomic E-state index is 13.6. The summed E-state index contributed by atoms with van der Waals surface area (Å²) >= 11 is 0. The first-order valence-corrected chi connectivity index (χ1v) is 5.78. The molecule has 0 atom stereocenters. The number of hydrogen-bond acceptors (Lipinski definition) is 2. The summed E-state index contributed by atoms with van der Waals surface area (Å²) in [6.45, 7) is 2.07. The SMILES string of the molecule is Cc1cc(CNc2ccc(C#N)cc2F)ccc1F. The number of anilines is 1. The Balaban J connectivity index is 2.10. The van der Waals surface area contributed by atoms with Crippen molar-refractivity contribution in [2.45, 2.75) is 13.5 Å². The van der Waals surface area contributed by atoms with Gasteiger partial charge in [0.1, 0.15) is 11.6 Å². The van der Waals surface area contributed by atoms with Crippen LogP contribution in [0.25, 0.3) is 0 Å². The van der Waals surface area contributed by atoms with E-state index in [0.717, 1.165) is 5.56 Å². The molecular weight excluding hydrogens is 246 g/mol. The van der Waals surface area contributed by atoms with Crippen molar-refractivity contribution in [3.8, 4) is 6.07 Å². The van der Waals surface area contributed by atoms with Crippen LogP contribution in [0.5, 0.6) is 0 Å². The van der Waals surface area contributed by atoms with E-state index in [4.69, 9.17) is 5.26 Å². The van der Waals surface area contributed by atoms with Gasteiger partial charge in [0.05, 0.1) is 17.3 Å². The van der Waals surface area contributed by atoms with Crippen LogP contribution in [0, 0.1) is 29.9 Å². The summed E-state index contributed by atoms with van der Waals surface area (Å²) in [5, 5.41) is 11.6. The van der Waals surface area contributed by atoms with Crippen molar-refractivity contribution < 1.29 is 8.78 Å². The molecule has 0 aromatic heterocycles. The smallest absolute Gasteiger partial charge is 0.147 e. The van der Waals surface area contributed by atoms with Gasteiger partial charge in [0.25, 0.3) is 0 Å². The molecule has 0 saturated carbocycles. The summed E-state index contributed by atoms with van der Waals surface area (Å²) in [5.41, 5.74) is 2.02. The summed E-state index contributed by atoms with van der Waals surface area (Å²) in [4.78, 5) is 0. The number of rotatable bonds is 3. The molecule has 2 rings (SSSR count). The van der Waals surface area contributed by atoms with Gasteiger partial charge in [0.2, 0.25) is 0 Å². The van der Waals surface area contributed by atoms with E-state index < -0.39 is 5.82 Å². The van der Waals surface area contributed by atoms with E-state index in [2.05, 4.69) is 5.32 Å². The Bertz CT molecular complexity index is 645. The van der Waals surface area contributed by atoms with Crippen molar-refractivity contribution in [1.82, 2.24) is 0 Å². The molecule has 0 spiro atoms. The lowest BCUT2D eigenvalue weighted by molar-refractivity contribution is 0.617. The van der Waals surface area contributed by atoms with Crippen molar-refractivity contribution in [1.29, 1.82) is 5.26 Å². The van der Waals surface area contributed by atoms with E-state index >= 15 is 0 Å². The predicted molar refractivity (Wildman–Crippen MR) is 69.6 cm³/mol. The topological polar surface area (TPSA) is 35.8 Å². The molecule has 2 nitrogen and oxygen atoms in total. The summed E-state index contributed by atoms with van der Waals surface area (Å²) < 4.78 is 26.7. The van der Waals surface area contributed by atoms with Gasteiger partial charge in [-0.05, 0) is 42.3 Å². The van der Waals surface area contributed by atoms with Crippen LogP contribution in [0.15, 0.2) is 36.4 Å². The molecule has 0 fully saturated rings. The Kier molecular flexibility index (Phi) is 3.76. The van der Waals surface area contributed by atoms with Crippen LogP contribution in [-0.4, -0.2) is 0 Å². The maximum Gasteiger partial charge on any atom is 0.147 e. The first kappa shape index (κ1) is 13.0. The number of nitrogens with one attached hydrogen (secondary N) is 1. The summed E-state index contributed by atoms with van der Waals surface area (Å²) in [5.74, 6) is -0.730. The first-order valence-electron chi connectivity index (χ1n) is 5.78. The third kappa shape index (κ3) is 3.08. The third-order valence-corrected chi connectivity index (χ3v) is 2.80. The average Bonchev–Trinajstić information content (AvgIpc) is 2.41. The highest BCUT2D eigenvalue weighted by Gasteiger charge is 2.04. The second-order valence-corrected chi connectivity index (χ2v) is 4.24. The highest BCUT2D eigenvalue weighted by atomic mass is 19.1. The Morgan fingerprint density at radius 1 is 1.11 bits per heavy atom. The van der Waals surface area contributed by atoms with Gasteiger partial charge in [-0.3, -0.25) is 0 Å². The minimum Gasteiger partial charge on any atom is -0.379 e. The molecule has 0 bridgehead atoms. The monoisotopic (exact) mass is 258 g/mol. The maximum atomic E-state index is 13.6. The molecule has 0 saturated heterocycles. The minimum atomic E-state index is -0.474. The molecule has 0 unspecified atom stereocenters. The molecule has 2 aromatic rings. The van der Waals surface area contributed by atoms with Gasteiger partial charge in [0, 0.05) is 6.54 Å². The number of halogens is 2. The van der Waals surface area contributed by atoms with Crippen LogP contribution in [-0.2, 0) is 6.54 Å². The highest BCUT2D eigenvalue weighted by molar-refractivity contribution is 5.49. The minimum absolute atomic E-state index is 0.256. The number of benzene rings is 2. The van der Waals surface area contributed by atoms with E-state index in [0.29, 0.717) is 17.8 Å². The van der Waals surface area contributed by atoms with Crippen molar-refractivity contribution in [2.75, 3.05) is 5.32 Å². The Morgan fingerprint density at radius 2 is 1.89 bits per heavy atom. The summed E-state index contributed by atoms with van der Waals surface area (Å²) in [6, 6.07) is 10.9. The van der Waals surface area contributed by atoms with E-state index in [1.165, 1.54) is 18.2 Å². The van der Waals surface area contributed by atoms with Crippen molar-refractivity contribution in [2.24, 2.45) is 0 Å². The quantitative estimate of drug-likeness (QED) is 0.909. The molecule has 2 aromatic carbocycles. The number of aryl methyl sites for hydroxylation is 1. The molecule has 0 radical (unpaired) electrons. The Labute approximate surface area is 110 Å². The number of nitrogens with zero attached hydrogens (tertiary/aromatic N) is 1. The molecule has 1 N–H and O–H groups in total. The summed E-state index contributed by atoms with van der Waals surface area (Å²) in [7, 11) is 0. The zero-order chi connectivity index (χ0) is 13.8. The van der Waals surface area contributed by atoms with E-state index in [1.807, 2.05) is 6.07 Å². The van der Waals surface area contributed by atoms with E-state index in [1.54, 1.807) is 25.1 Å². The normalized spacial score (nSPS) is 10.0. The van der Waals surface area contributed by atoms with Crippen molar-refractivity contribution >= 4 is 5.69 Å². The Morgan fingerprint density at radius 3 is 2.53 bits per heavy atom. The van der Waals surface area contributed by atoms with Crippen LogP contribution >= 0.6 is 0 Å². The van der Waals surface area contributed by atoms with Gasteiger partial charge in [-0.15, -0.1) is 0 Å². The van der Waals surface area contributed by atoms with Gasteiger partial charge in [-0.1, -0.05) is 12.1 Å². The molecular formula is C15H12F2N2. The fraction of sp³-hybridized carbons (Fsp3) is 0.133. The molecule has 0 aliphatic rings. The fourth-order valence-electron chi connectivity index (χ4n) is 1.74. The lowest BCUT2D eigenvalue weighted by Gasteiger charge is -2.08. The van der Waals surface area contributed by atoms with E-state index in [9.17, 15) is 8.78 Å². The van der Waals surface area contributed by atoms with Gasteiger partial charge in [0.15, 0.2) is 0 Å². The first-order chi connectivity index (χ1) is 9.10. The molecule has 19 heavy (non-hydrogen) atoms. The predicted octanol–water partition coefficient (Wildman–Crippen LogP) is 3.76. The average molecular weight is 258 g/mol. The van der Waals surface area contributed by atoms with Gasteiger partial charge >= 0.3 is 0 Å². The lowest BCUT2D eigenvalue weighted by atomic mass is 10.1. The zero-order valence-corrected chi connectivity index (χ0v) is 10.4. The lowest BCUT2D eigenvalue weighted by Crippen LogP contribution is -2.02. The third-order valence-electron chi connectivity index (χ3n) is 2.80. The van der Waals surface area contributed by atoms with Crippen LogP contribution in [0.3, 0.4) is 0 Å². The van der Waals surface area contributed by atoms with Crippen LogP contribution in [0.4, 0.5) is 14.5 Å². The number of nitriles is 1. The molecule has 0 heterocycles. The number of hydrogen-bond donors (Lipinski definition) is 1. The highest BCUT2D eigenvalue weighted by Crippen LogP contribution is 2.17. The standard InChI is InChI=1S/C15H12F2N2/c1-10-6-12(2-4-13(10)16)9-19-15-5-3-11(8-18)7-14(15)17/h2-7,19H,9H2,1H3. The van der Waals surface area contributed by atoms with Crippen LogP contribution in [0.2, 0.25) is 0 Å². The Hall–Kier alpha value is -2.41. The summed E-state index contributed by atoms with van der Waals surface area (Å²) in [6.07, 6.45) is 0. The molecule has 0 aliphatic carbocycles. The molecule has 4 heteroatoms. The largest absolute Gasteiger partial charge is 0.379 e. The van der Waals surface area contributed by atoms with Crippen LogP contribution in [0.1, 0.15) is 16.7 Å². The second-order valence-electron chi connectivity index (χ2n) is 4.24. The molecule has 0 aliphatic heterocycles. The van der Waals surface area contributed by atoms with E-state index in [-0.39, 0.29) is 11.4 Å². The molecule has 96 valence electrons.